The minimum absolute atomic E-state index is 0. The Morgan fingerprint density at radius 3 is 2.31 bits per heavy atom. The van der Waals surface area contributed by atoms with Gasteiger partial charge in [0.25, 0.3) is 0 Å². The van der Waals surface area contributed by atoms with Crippen LogP contribution in [-0.4, -0.2) is 32.8 Å². The second-order valence-corrected chi connectivity index (χ2v) is 3.25. The quantitative estimate of drug-likeness (QED) is 0.380. The third-order valence-electron chi connectivity index (χ3n) is 1.10. The van der Waals surface area contributed by atoms with Gasteiger partial charge in [0.2, 0.25) is 10.4 Å². The Morgan fingerprint density at radius 2 is 1.85 bits per heavy atom. The van der Waals surface area contributed by atoms with Crippen molar-refractivity contribution in [3.8, 4) is 0 Å². The van der Waals surface area contributed by atoms with Crippen LogP contribution >= 0.6 is 0 Å². The predicted molar refractivity (Wildman–Crippen MR) is 47.4 cm³/mol. The van der Waals surface area contributed by atoms with Gasteiger partial charge in [-0.2, -0.15) is 0 Å². The second-order valence-electron chi connectivity index (χ2n) is 2.20. The summed E-state index contributed by atoms with van der Waals surface area (Å²) in [5.74, 6) is 0. The van der Waals surface area contributed by atoms with E-state index >= 15 is 0 Å². The van der Waals surface area contributed by atoms with Crippen molar-refractivity contribution in [2.24, 2.45) is 0 Å². The molecule has 0 aliphatic carbocycles. The van der Waals surface area contributed by atoms with Gasteiger partial charge in [-0.1, -0.05) is 13.3 Å². The van der Waals surface area contributed by atoms with E-state index in [4.69, 9.17) is 4.74 Å². The largest absolute Gasteiger partial charge is 0.726 e. The molecule has 0 radical (unpaired) electrons. The molecule has 0 unspecified atom stereocenters. The number of hydrogen-bond donors (Lipinski definition) is 1. The third kappa shape index (κ3) is 14.6. The second kappa shape index (κ2) is 8.39. The molecule has 6 nitrogen and oxygen atoms in total. The van der Waals surface area contributed by atoms with E-state index in [0.29, 0.717) is 6.61 Å². The summed E-state index contributed by atoms with van der Waals surface area (Å²) in [6.07, 6.45) is 1.94. The molecule has 0 saturated heterocycles. The fourth-order valence-electron chi connectivity index (χ4n) is 0.543. The monoisotopic (exact) mass is 215 g/mol. The SMILES string of the molecule is CCCCOCCOS(=O)(=O)[O-].[NH4+]. The molecule has 0 spiro atoms. The fraction of sp³-hybridized carbons (Fsp3) is 1.00. The number of hydrogen-bond acceptors (Lipinski definition) is 5. The lowest BCUT2D eigenvalue weighted by molar-refractivity contribution is 0.0949. The van der Waals surface area contributed by atoms with Gasteiger partial charge in [0.15, 0.2) is 0 Å². The summed E-state index contributed by atoms with van der Waals surface area (Å²) < 4.78 is 38.5. The van der Waals surface area contributed by atoms with Crippen molar-refractivity contribution in [3.05, 3.63) is 0 Å². The maximum Gasteiger partial charge on any atom is 0.217 e. The Balaban J connectivity index is 0. The van der Waals surface area contributed by atoms with Crippen molar-refractivity contribution >= 4 is 10.4 Å². The van der Waals surface area contributed by atoms with Gasteiger partial charge in [0, 0.05) is 6.61 Å². The average Bonchev–Trinajstić information content (AvgIpc) is 1.94. The molecule has 0 bridgehead atoms. The van der Waals surface area contributed by atoms with E-state index in [1.807, 2.05) is 6.92 Å². The normalized spacial score (nSPS) is 10.9. The van der Waals surface area contributed by atoms with Crippen LogP contribution in [0.4, 0.5) is 0 Å². The zero-order chi connectivity index (χ0) is 9.45. The standard InChI is InChI=1S/C6H14O5S.H3N/c1-2-3-4-10-5-6-11-12(7,8)9;/h2-6H2,1H3,(H,7,8,9);1H3. The van der Waals surface area contributed by atoms with Crippen molar-refractivity contribution in [2.45, 2.75) is 19.8 Å². The molecule has 7 heteroatoms. The van der Waals surface area contributed by atoms with Gasteiger partial charge in [-0.05, 0) is 6.42 Å². The minimum atomic E-state index is -4.55. The van der Waals surface area contributed by atoms with Crippen LogP contribution in [0.25, 0.3) is 0 Å². The molecule has 0 saturated carbocycles. The van der Waals surface area contributed by atoms with Gasteiger partial charge in [-0.3, -0.25) is 4.18 Å². The summed E-state index contributed by atoms with van der Waals surface area (Å²) in [5, 5.41) is 0. The molecule has 0 fully saturated rings. The van der Waals surface area contributed by atoms with Crippen molar-refractivity contribution in [1.82, 2.24) is 6.15 Å². The molecule has 0 aromatic carbocycles. The van der Waals surface area contributed by atoms with Crippen LogP contribution in [0.15, 0.2) is 0 Å². The highest BCUT2D eigenvalue weighted by atomic mass is 32.3. The van der Waals surface area contributed by atoms with E-state index in [1.165, 1.54) is 0 Å². The van der Waals surface area contributed by atoms with Gasteiger partial charge in [-0.25, -0.2) is 8.42 Å². The smallest absolute Gasteiger partial charge is 0.217 e. The van der Waals surface area contributed by atoms with Gasteiger partial charge >= 0.3 is 0 Å². The molecule has 0 heterocycles. The molecule has 13 heavy (non-hydrogen) atoms. The van der Waals surface area contributed by atoms with E-state index in [0.717, 1.165) is 12.8 Å². The van der Waals surface area contributed by atoms with Crippen molar-refractivity contribution in [2.75, 3.05) is 19.8 Å². The van der Waals surface area contributed by atoms with Crippen LogP contribution in [-0.2, 0) is 19.3 Å². The van der Waals surface area contributed by atoms with Gasteiger partial charge in [0.1, 0.15) is 0 Å². The summed E-state index contributed by atoms with van der Waals surface area (Å²) in [6.45, 7) is 2.53. The number of quaternary nitrogens is 1. The molecule has 0 aliphatic heterocycles. The summed E-state index contributed by atoms with van der Waals surface area (Å²) in [7, 11) is -4.55. The third-order valence-corrected chi connectivity index (χ3v) is 1.55. The van der Waals surface area contributed by atoms with Crippen LogP contribution in [0.2, 0.25) is 0 Å². The van der Waals surface area contributed by atoms with Gasteiger partial charge in [0.05, 0.1) is 13.2 Å². The molecule has 82 valence electrons. The first-order valence-electron chi connectivity index (χ1n) is 3.74. The molecular weight excluding hydrogens is 198 g/mol. The lowest BCUT2D eigenvalue weighted by atomic mass is 10.4. The predicted octanol–water partition coefficient (Wildman–Crippen LogP) is 0.656. The summed E-state index contributed by atoms with van der Waals surface area (Å²) in [6, 6.07) is 0. The first-order chi connectivity index (χ1) is 5.56. The number of unbranched alkanes of at least 4 members (excludes halogenated alkanes) is 1. The fourth-order valence-corrected chi connectivity index (χ4v) is 0.816. The number of rotatable bonds is 7. The lowest BCUT2D eigenvalue weighted by Crippen LogP contribution is -2.10. The molecule has 4 N–H and O–H groups in total. The summed E-state index contributed by atoms with van der Waals surface area (Å²) in [5.41, 5.74) is 0. The first kappa shape index (κ1) is 15.3. The molecule has 0 amide bonds. The Labute approximate surface area is 78.8 Å². The molecule has 0 rings (SSSR count). The Morgan fingerprint density at radius 1 is 1.23 bits per heavy atom. The van der Waals surface area contributed by atoms with E-state index in [2.05, 4.69) is 4.18 Å². The first-order valence-corrected chi connectivity index (χ1v) is 5.07. The molecular formula is C6H17NO5S. The average molecular weight is 215 g/mol. The maximum atomic E-state index is 9.89. The molecule has 0 aromatic rings. The minimum Gasteiger partial charge on any atom is -0.726 e. The molecule has 0 atom stereocenters. The zero-order valence-electron chi connectivity index (χ0n) is 7.99. The molecule has 0 aliphatic rings. The molecule has 0 aromatic heterocycles. The highest BCUT2D eigenvalue weighted by Gasteiger charge is 1.93. The Bertz CT molecular complexity index is 191. The van der Waals surface area contributed by atoms with Crippen LogP contribution in [0.1, 0.15) is 19.8 Å². The van der Waals surface area contributed by atoms with Crippen LogP contribution in [0.3, 0.4) is 0 Å². The maximum absolute atomic E-state index is 9.89. The Kier molecular flexibility index (Phi) is 9.86. The highest BCUT2D eigenvalue weighted by Crippen LogP contribution is 1.89. The van der Waals surface area contributed by atoms with Crippen LogP contribution in [0, 0.1) is 0 Å². The summed E-state index contributed by atoms with van der Waals surface area (Å²) >= 11 is 0. The van der Waals surface area contributed by atoms with Gasteiger partial charge in [-0.15, -0.1) is 0 Å². The van der Waals surface area contributed by atoms with E-state index in [-0.39, 0.29) is 19.4 Å². The zero-order valence-corrected chi connectivity index (χ0v) is 8.80. The highest BCUT2D eigenvalue weighted by molar-refractivity contribution is 7.80. The van der Waals surface area contributed by atoms with Crippen molar-refractivity contribution < 1.29 is 21.9 Å². The topological polar surface area (TPSA) is 112 Å². The van der Waals surface area contributed by atoms with Crippen LogP contribution in [0.5, 0.6) is 0 Å². The number of ether oxygens (including phenoxy) is 1. The van der Waals surface area contributed by atoms with Gasteiger partial charge < -0.3 is 15.4 Å². The lowest BCUT2D eigenvalue weighted by Gasteiger charge is -2.07. The van der Waals surface area contributed by atoms with E-state index in [1.54, 1.807) is 0 Å². The summed E-state index contributed by atoms with van der Waals surface area (Å²) in [4.78, 5) is 0. The van der Waals surface area contributed by atoms with E-state index < -0.39 is 10.4 Å². The van der Waals surface area contributed by atoms with Crippen molar-refractivity contribution in [1.29, 1.82) is 0 Å². The Hall–Kier alpha value is -0.210. The van der Waals surface area contributed by atoms with Crippen molar-refractivity contribution in [3.63, 3.8) is 0 Å². The van der Waals surface area contributed by atoms with Crippen LogP contribution < -0.4 is 6.15 Å². The van der Waals surface area contributed by atoms with E-state index in [9.17, 15) is 13.0 Å².